The van der Waals surface area contributed by atoms with Gasteiger partial charge < -0.3 is 15.5 Å². The van der Waals surface area contributed by atoms with Crippen LogP contribution in [-0.4, -0.2) is 47.7 Å². The molecule has 0 saturated carbocycles. The molecule has 0 aliphatic heterocycles. The topological polar surface area (TPSA) is 91.4 Å². The predicted octanol–water partition coefficient (Wildman–Crippen LogP) is 2.51. The van der Waals surface area contributed by atoms with Crippen LogP contribution in [0.5, 0.6) is 0 Å². The number of pyridine rings is 1. The van der Waals surface area contributed by atoms with Gasteiger partial charge in [0.1, 0.15) is 5.82 Å². The van der Waals surface area contributed by atoms with Crippen molar-refractivity contribution in [3.63, 3.8) is 0 Å². The molecule has 0 saturated heterocycles. The normalized spacial score (nSPS) is 10.9. The Hall–Kier alpha value is -3.22. The SMILES string of the molecule is Cc1ccnc(NC(=O)CN(C)C(=O)CNC(=O)c2ccc(C(C)(C)C)cc2)c1. The van der Waals surface area contributed by atoms with E-state index >= 15 is 0 Å². The fourth-order valence-electron chi connectivity index (χ4n) is 2.61. The molecule has 1 aromatic carbocycles. The highest BCUT2D eigenvalue weighted by molar-refractivity contribution is 5.97. The molecule has 0 unspecified atom stereocenters. The van der Waals surface area contributed by atoms with Crippen molar-refractivity contribution in [1.29, 1.82) is 0 Å². The molecule has 0 fully saturated rings. The molecular weight excluding hydrogens is 368 g/mol. The third-order valence-electron chi connectivity index (χ3n) is 4.40. The summed E-state index contributed by atoms with van der Waals surface area (Å²) in [4.78, 5) is 41.9. The fraction of sp³-hybridized carbons (Fsp3) is 0.364. The van der Waals surface area contributed by atoms with E-state index < -0.39 is 0 Å². The summed E-state index contributed by atoms with van der Waals surface area (Å²) < 4.78 is 0. The second-order valence-corrected chi connectivity index (χ2v) is 8.03. The Labute approximate surface area is 171 Å². The van der Waals surface area contributed by atoms with E-state index in [1.807, 2.05) is 25.1 Å². The summed E-state index contributed by atoms with van der Waals surface area (Å²) in [5.41, 5.74) is 2.58. The van der Waals surface area contributed by atoms with Gasteiger partial charge in [0.25, 0.3) is 5.91 Å². The van der Waals surface area contributed by atoms with Crippen LogP contribution in [0.15, 0.2) is 42.6 Å². The number of hydrogen-bond acceptors (Lipinski definition) is 4. The molecule has 7 heteroatoms. The molecule has 7 nitrogen and oxygen atoms in total. The number of aryl methyl sites for hydroxylation is 1. The number of benzene rings is 1. The Morgan fingerprint density at radius 3 is 2.31 bits per heavy atom. The van der Waals surface area contributed by atoms with Gasteiger partial charge in [-0.15, -0.1) is 0 Å². The van der Waals surface area contributed by atoms with Crippen LogP contribution in [0.3, 0.4) is 0 Å². The minimum Gasteiger partial charge on any atom is -0.343 e. The van der Waals surface area contributed by atoms with Crippen LogP contribution in [0.4, 0.5) is 5.82 Å². The lowest BCUT2D eigenvalue weighted by Gasteiger charge is -2.19. The van der Waals surface area contributed by atoms with Crippen molar-refractivity contribution >= 4 is 23.5 Å². The van der Waals surface area contributed by atoms with Gasteiger partial charge in [0.15, 0.2) is 0 Å². The maximum Gasteiger partial charge on any atom is 0.251 e. The summed E-state index contributed by atoms with van der Waals surface area (Å²) in [7, 11) is 1.51. The van der Waals surface area contributed by atoms with Gasteiger partial charge in [-0.25, -0.2) is 4.98 Å². The minimum atomic E-state index is -0.364. The summed E-state index contributed by atoms with van der Waals surface area (Å²) in [5.74, 6) is -0.622. The maximum absolute atomic E-state index is 12.3. The summed E-state index contributed by atoms with van der Waals surface area (Å²) in [6, 6.07) is 10.9. The molecule has 0 spiro atoms. The fourth-order valence-corrected chi connectivity index (χ4v) is 2.61. The van der Waals surface area contributed by atoms with Gasteiger partial charge in [-0.05, 0) is 47.7 Å². The predicted molar refractivity (Wildman–Crippen MR) is 113 cm³/mol. The monoisotopic (exact) mass is 396 g/mol. The largest absolute Gasteiger partial charge is 0.343 e. The number of nitrogens with zero attached hydrogens (tertiary/aromatic N) is 2. The third-order valence-corrected chi connectivity index (χ3v) is 4.40. The van der Waals surface area contributed by atoms with Gasteiger partial charge >= 0.3 is 0 Å². The molecule has 0 bridgehead atoms. The van der Waals surface area contributed by atoms with Gasteiger partial charge in [0.05, 0.1) is 13.1 Å². The maximum atomic E-state index is 12.3. The zero-order chi connectivity index (χ0) is 21.6. The molecule has 2 rings (SSSR count). The average Bonchev–Trinajstić information content (AvgIpc) is 2.65. The van der Waals surface area contributed by atoms with Crippen LogP contribution in [0.25, 0.3) is 0 Å². The van der Waals surface area contributed by atoms with E-state index in [1.165, 1.54) is 11.9 Å². The number of amides is 3. The summed E-state index contributed by atoms with van der Waals surface area (Å²) >= 11 is 0. The second kappa shape index (κ2) is 9.32. The Kier molecular flexibility index (Phi) is 7.09. The first-order valence-electron chi connectivity index (χ1n) is 9.41. The number of aromatic nitrogens is 1. The molecule has 0 atom stereocenters. The van der Waals surface area contributed by atoms with Crippen LogP contribution >= 0.6 is 0 Å². The number of anilines is 1. The van der Waals surface area contributed by atoms with Gasteiger partial charge in [0, 0.05) is 18.8 Å². The lowest BCUT2D eigenvalue weighted by molar-refractivity contribution is -0.132. The quantitative estimate of drug-likeness (QED) is 0.785. The Balaban J connectivity index is 1.83. The van der Waals surface area contributed by atoms with Crippen molar-refractivity contribution in [2.45, 2.75) is 33.1 Å². The van der Waals surface area contributed by atoms with Crippen LogP contribution < -0.4 is 10.6 Å². The number of carbonyl (C=O) groups excluding carboxylic acids is 3. The number of nitrogens with one attached hydrogen (secondary N) is 2. The highest BCUT2D eigenvalue weighted by atomic mass is 16.2. The average molecular weight is 396 g/mol. The molecule has 2 aromatic rings. The minimum absolute atomic E-state index is 0.00221. The molecule has 0 aliphatic carbocycles. The molecule has 1 aromatic heterocycles. The van der Waals surface area contributed by atoms with Crippen molar-refractivity contribution in [3.05, 3.63) is 59.3 Å². The van der Waals surface area contributed by atoms with Gasteiger partial charge in [-0.3, -0.25) is 14.4 Å². The first kappa shape index (κ1) is 22.1. The van der Waals surface area contributed by atoms with Crippen molar-refractivity contribution < 1.29 is 14.4 Å². The highest BCUT2D eigenvalue weighted by Crippen LogP contribution is 2.22. The van der Waals surface area contributed by atoms with Gasteiger partial charge in [0.2, 0.25) is 11.8 Å². The van der Waals surface area contributed by atoms with Crippen molar-refractivity contribution in [1.82, 2.24) is 15.2 Å². The number of hydrogen-bond donors (Lipinski definition) is 2. The molecule has 3 amide bonds. The van der Waals surface area contributed by atoms with Crippen LogP contribution in [0, 0.1) is 6.92 Å². The Bertz CT molecular complexity index is 886. The first-order valence-corrected chi connectivity index (χ1v) is 9.41. The molecule has 29 heavy (non-hydrogen) atoms. The number of likely N-dealkylation sites (N-methyl/N-ethyl adjacent to an activating group) is 1. The second-order valence-electron chi connectivity index (χ2n) is 8.03. The molecule has 0 aliphatic rings. The standard InChI is InChI=1S/C22H28N4O3/c1-15-10-11-23-18(12-15)25-19(27)14-26(5)20(28)13-24-21(29)16-6-8-17(9-7-16)22(2,3)4/h6-12H,13-14H2,1-5H3,(H,24,29)(H,23,25,27). The molecular formula is C22H28N4O3. The molecule has 154 valence electrons. The highest BCUT2D eigenvalue weighted by Gasteiger charge is 2.17. The molecule has 0 radical (unpaired) electrons. The van der Waals surface area contributed by atoms with E-state index in [2.05, 4.69) is 36.4 Å². The van der Waals surface area contributed by atoms with Crippen molar-refractivity contribution in [2.75, 3.05) is 25.5 Å². The zero-order valence-corrected chi connectivity index (χ0v) is 17.6. The number of rotatable bonds is 6. The van der Waals surface area contributed by atoms with Crippen molar-refractivity contribution in [3.8, 4) is 0 Å². The van der Waals surface area contributed by atoms with E-state index in [-0.39, 0.29) is 36.2 Å². The number of carbonyl (C=O) groups is 3. The third kappa shape index (κ3) is 6.71. The van der Waals surface area contributed by atoms with E-state index in [0.29, 0.717) is 11.4 Å². The summed E-state index contributed by atoms with van der Waals surface area (Å²) in [6.07, 6.45) is 1.60. The Morgan fingerprint density at radius 1 is 1.07 bits per heavy atom. The smallest absolute Gasteiger partial charge is 0.251 e. The van der Waals surface area contributed by atoms with Gasteiger partial charge in [-0.1, -0.05) is 32.9 Å². The van der Waals surface area contributed by atoms with E-state index in [1.54, 1.807) is 24.4 Å². The first-order chi connectivity index (χ1) is 13.6. The van der Waals surface area contributed by atoms with E-state index in [9.17, 15) is 14.4 Å². The summed E-state index contributed by atoms with van der Waals surface area (Å²) in [5, 5.41) is 5.24. The zero-order valence-electron chi connectivity index (χ0n) is 17.6. The summed E-state index contributed by atoms with van der Waals surface area (Å²) in [6.45, 7) is 7.87. The Morgan fingerprint density at radius 2 is 1.72 bits per heavy atom. The molecule has 1 heterocycles. The van der Waals surface area contributed by atoms with Crippen molar-refractivity contribution in [2.24, 2.45) is 0 Å². The van der Waals surface area contributed by atoms with E-state index in [0.717, 1.165) is 11.1 Å². The van der Waals surface area contributed by atoms with Crippen LogP contribution in [0.2, 0.25) is 0 Å². The lowest BCUT2D eigenvalue weighted by atomic mass is 9.87. The molecule has 2 N–H and O–H groups in total. The lowest BCUT2D eigenvalue weighted by Crippen LogP contribution is -2.41. The van der Waals surface area contributed by atoms with Crippen LogP contribution in [0.1, 0.15) is 42.3 Å². The van der Waals surface area contributed by atoms with Crippen LogP contribution in [-0.2, 0) is 15.0 Å². The van der Waals surface area contributed by atoms with Gasteiger partial charge in [-0.2, -0.15) is 0 Å². The van der Waals surface area contributed by atoms with E-state index in [4.69, 9.17) is 0 Å².